The molecule has 1 atom stereocenters. The maximum atomic E-state index is 11.7. The van der Waals surface area contributed by atoms with Crippen molar-refractivity contribution in [1.82, 2.24) is 10.6 Å². The van der Waals surface area contributed by atoms with Crippen molar-refractivity contribution >= 4 is 11.7 Å². The van der Waals surface area contributed by atoms with E-state index in [1.165, 1.54) is 18.4 Å². The fourth-order valence-corrected chi connectivity index (χ4v) is 2.15. The zero-order valence-corrected chi connectivity index (χ0v) is 10.8. The number of benzene rings is 1. The highest BCUT2D eigenvalue weighted by atomic mass is 16.2. The second-order valence-corrected chi connectivity index (χ2v) is 4.91. The molecule has 1 fully saturated rings. The van der Waals surface area contributed by atoms with Gasteiger partial charge in [-0.15, -0.1) is 0 Å². The van der Waals surface area contributed by atoms with Gasteiger partial charge in [-0.25, -0.2) is 4.79 Å². The Morgan fingerprint density at radius 1 is 1.39 bits per heavy atom. The molecule has 2 rings (SSSR count). The Morgan fingerprint density at radius 3 is 2.83 bits per heavy atom. The van der Waals surface area contributed by atoms with Crippen LogP contribution >= 0.6 is 0 Å². The number of hydrogen-bond acceptors (Lipinski definition) is 2. The Bertz CT molecular complexity index is 383. The highest BCUT2D eigenvalue weighted by Gasteiger charge is 2.13. The smallest absolute Gasteiger partial charge is 0.319 e. The molecular formula is C14H21N3O. The molecule has 1 aromatic carbocycles. The molecule has 0 aliphatic carbocycles. The molecule has 0 bridgehead atoms. The van der Waals surface area contributed by atoms with E-state index in [-0.39, 0.29) is 6.03 Å². The molecule has 3 N–H and O–H groups in total. The van der Waals surface area contributed by atoms with E-state index in [0.717, 1.165) is 25.3 Å². The van der Waals surface area contributed by atoms with Gasteiger partial charge in [0.05, 0.1) is 0 Å². The van der Waals surface area contributed by atoms with Crippen molar-refractivity contribution in [2.45, 2.75) is 19.8 Å². The predicted octanol–water partition coefficient (Wildman–Crippen LogP) is 2.12. The molecule has 1 aromatic rings. The van der Waals surface area contributed by atoms with Crippen LogP contribution in [0, 0.1) is 12.8 Å². The Hall–Kier alpha value is -1.55. The molecule has 98 valence electrons. The highest BCUT2D eigenvalue weighted by Crippen LogP contribution is 2.10. The van der Waals surface area contributed by atoms with Crippen LogP contribution in [0.4, 0.5) is 10.5 Å². The number of piperidine rings is 1. The lowest BCUT2D eigenvalue weighted by Crippen LogP contribution is -2.39. The largest absolute Gasteiger partial charge is 0.338 e. The summed E-state index contributed by atoms with van der Waals surface area (Å²) >= 11 is 0. The molecular weight excluding hydrogens is 226 g/mol. The van der Waals surface area contributed by atoms with Crippen molar-refractivity contribution in [3.05, 3.63) is 29.8 Å². The number of rotatable bonds is 3. The van der Waals surface area contributed by atoms with Gasteiger partial charge in [0, 0.05) is 12.2 Å². The maximum absolute atomic E-state index is 11.7. The van der Waals surface area contributed by atoms with Crippen molar-refractivity contribution in [3.63, 3.8) is 0 Å². The summed E-state index contributed by atoms with van der Waals surface area (Å²) in [6, 6.07) is 7.68. The summed E-state index contributed by atoms with van der Waals surface area (Å²) in [7, 11) is 0. The number of aryl methyl sites for hydroxylation is 1. The van der Waals surface area contributed by atoms with Crippen molar-refractivity contribution in [1.29, 1.82) is 0 Å². The number of nitrogens with one attached hydrogen (secondary N) is 3. The summed E-state index contributed by atoms with van der Waals surface area (Å²) in [6.45, 7) is 4.88. The lowest BCUT2D eigenvalue weighted by molar-refractivity contribution is 0.248. The van der Waals surface area contributed by atoms with E-state index in [1.807, 2.05) is 31.2 Å². The minimum Gasteiger partial charge on any atom is -0.338 e. The molecule has 0 aromatic heterocycles. The average molecular weight is 247 g/mol. The highest BCUT2D eigenvalue weighted by molar-refractivity contribution is 5.89. The van der Waals surface area contributed by atoms with Crippen molar-refractivity contribution < 1.29 is 4.79 Å². The van der Waals surface area contributed by atoms with Crippen LogP contribution in [0.3, 0.4) is 0 Å². The van der Waals surface area contributed by atoms with Crippen molar-refractivity contribution in [3.8, 4) is 0 Å². The van der Waals surface area contributed by atoms with E-state index < -0.39 is 0 Å². The third-order valence-corrected chi connectivity index (χ3v) is 3.26. The number of urea groups is 1. The van der Waals surface area contributed by atoms with E-state index >= 15 is 0 Å². The molecule has 18 heavy (non-hydrogen) atoms. The molecule has 4 heteroatoms. The average Bonchev–Trinajstić information content (AvgIpc) is 2.40. The molecule has 2 amide bonds. The van der Waals surface area contributed by atoms with Gasteiger partial charge >= 0.3 is 6.03 Å². The van der Waals surface area contributed by atoms with E-state index in [9.17, 15) is 4.79 Å². The van der Waals surface area contributed by atoms with Crippen LogP contribution in [0.1, 0.15) is 18.4 Å². The summed E-state index contributed by atoms with van der Waals surface area (Å²) in [6.07, 6.45) is 2.39. The Labute approximate surface area is 108 Å². The van der Waals surface area contributed by atoms with Crippen molar-refractivity contribution in [2.24, 2.45) is 5.92 Å². The fraction of sp³-hybridized carbons (Fsp3) is 0.500. The second kappa shape index (κ2) is 6.40. The van der Waals surface area contributed by atoms with Crippen LogP contribution < -0.4 is 16.0 Å². The zero-order chi connectivity index (χ0) is 12.8. The first-order chi connectivity index (χ1) is 8.74. The van der Waals surface area contributed by atoms with Gasteiger partial charge in [0.2, 0.25) is 0 Å². The van der Waals surface area contributed by atoms with Gasteiger partial charge in [0.15, 0.2) is 0 Å². The minimum absolute atomic E-state index is 0.121. The lowest BCUT2D eigenvalue weighted by atomic mass is 10.00. The van der Waals surface area contributed by atoms with Gasteiger partial charge in [-0.3, -0.25) is 0 Å². The fourth-order valence-electron chi connectivity index (χ4n) is 2.15. The molecule has 1 aliphatic rings. The Kier molecular flexibility index (Phi) is 4.59. The molecule has 1 unspecified atom stereocenters. The normalized spacial score (nSPS) is 19.3. The molecule has 0 saturated carbocycles. The lowest BCUT2D eigenvalue weighted by Gasteiger charge is -2.22. The Balaban J connectivity index is 1.73. The molecule has 1 aliphatic heterocycles. The summed E-state index contributed by atoms with van der Waals surface area (Å²) in [5.41, 5.74) is 2.02. The van der Waals surface area contributed by atoms with Crippen LogP contribution in [-0.4, -0.2) is 25.7 Å². The van der Waals surface area contributed by atoms with Gasteiger partial charge in [0.25, 0.3) is 0 Å². The minimum atomic E-state index is -0.121. The van der Waals surface area contributed by atoms with E-state index in [0.29, 0.717) is 5.92 Å². The van der Waals surface area contributed by atoms with Crippen LogP contribution in [-0.2, 0) is 0 Å². The summed E-state index contributed by atoms with van der Waals surface area (Å²) in [5.74, 6) is 0.558. The molecule has 0 spiro atoms. The first-order valence-electron chi connectivity index (χ1n) is 6.56. The third kappa shape index (κ3) is 4.04. The number of carbonyl (C=O) groups excluding carboxylic acids is 1. The summed E-state index contributed by atoms with van der Waals surface area (Å²) in [5, 5.41) is 9.11. The number of amides is 2. The maximum Gasteiger partial charge on any atom is 0.319 e. The van der Waals surface area contributed by atoms with Crippen LogP contribution in [0.2, 0.25) is 0 Å². The number of hydrogen-bond donors (Lipinski definition) is 3. The standard InChI is InChI=1S/C14H21N3O/c1-11-4-6-13(7-5-11)17-14(18)16-10-12-3-2-8-15-9-12/h4-7,12,15H,2-3,8-10H2,1H3,(H2,16,17,18). The first kappa shape index (κ1) is 12.9. The van der Waals surface area contributed by atoms with Gasteiger partial charge in [-0.2, -0.15) is 0 Å². The summed E-state index contributed by atoms with van der Waals surface area (Å²) < 4.78 is 0. The number of anilines is 1. The zero-order valence-electron chi connectivity index (χ0n) is 10.8. The second-order valence-electron chi connectivity index (χ2n) is 4.91. The van der Waals surface area contributed by atoms with Gasteiger partial charge in [0.1, 0.15) is 0 Å². The monoisotopic (exact) mass is 247 g/mol. The van der Waals surface area contributed by atoms with Crippen LogP contribution in [0.25, 0.3) is 0 Å². The van der Waals surface area contributed by atoms with Gasteiger partial charge < -0.3 is 16.0 Å². The van der Waals surface area contributed by atoms with Crippen LogP contribution in [0.15, 0.2) is 24.3 Å². The van der Waals surface area contributed by atoms with Gasteiger partial charge in [-0.1, -0.05) is 17.7 Å². The molecule has 1 heterocycles. The topological polar surface area (TPSA) is 53.2 Å². The van der Waals surface area contributed by atoms with Gasteiger partial charge in [-0.05, 0) is 50.9 Å². The predicted molar refractivity (Wildman–Crippen MR) is 73.8 cm³/mol. The molecule has 0 radical (unpaired) electrons. The quantitative estimate of drug-likeness (QED) is 0.766. The number of carbonyl (C=O) groups is 1. The van der Waals surface area contributed by atoms with Crippen LogP contribution in [0.5, 0.6) is 0 Å². The molecule has 4 nitrogen and oxygen atoms in total. The van der Waals surface area contributed by atoms with E-state index in [4.69, 9.17) is 0 Å². The Morgan fingerprint density at radius 2 is 2.17 bits per heavy atom. The molecule has 1 saturated heterocycles. The van der Waals surface area contributed by atoms with Crippen molar-refractivity contribution in [2.75, 3.05) is 25.0 Å². The first-order valence-corrected chi connectivity index (χ1v) is 6.56. The van der Waals surface area contributed by atoms with E-state index in [1.54, 1.807) is 0 Å². The SMILES string of the molecule is Cc1ccc(NC(=O)NCC2CCCNC2)cc1. The van der Waals surface area contributed by atoms with E-state index in [2.05, 4.69) is 16.0 Å². The summed E-state index contributed by atoms with van der Waals surface area (Å²) in [4.78, 5) is 11.7. The third-order valence-electron chi connectivity index (χ3n) is 3.26.